The number of fused-ring (bicyclic) bond motifs is 1. The van der Waals surface area contributed by atoms with E-state index in [9.17, 15) is 0 Å². The van der Waals surface area contributed by atoms with Crippen LogP contribution in [0.5, 0.6) is 0 Å². The smallest absolute Gasteiger partial charge is 0.191 e. The molecule has 1 aliphatic rings. The normalized spacial score (nSPS) is 17.0. The largest absolute Gasteiger partial charge is 0.305 e. The Balaban J connectivity index is 1.63. The molecule has 4 nitrogen and oxygen atoms in total. The molecule has 116 valence electrons. The maximum atomic E-state index is 4.41. The van der Waals surface area contributed by atoms with Gasteiger partial charge in [-0.15, -0.1) is 10.2 Å². The zero-order chi connectivity index (χ0) is 15.6. The molecule has 5 heteroatoms. The molecule has 2 aromatic heterocycles. The van der Waals surface area contributed by atoms with E-state index in [4.69, 9.17) is 0 Å². The molecule has 0 N–H and O–H groups in total. The second-order valence-electron chi connectivity index (χ2n) is 5.80. The lowest BCUT2D eigenvalue weighted by Gasteiger charge is -2.24. The van der Waals surface area contributed by atoms with Crippen LogP contribution in [0, 0.1) is 0 Å². The summed E-state index contributed by atoms with van der Waals surface area (Å²) in [5.41, 5.74) is 3.93. The van der Waals surface area contributed by atoms with Crippen LogP contribution in [0.2, 0.25) is 0 Å². The van der Waals surface area contributed by atoms with Crippen LogP contribution in [0.25, 0.3) is 11.4 Å². The molecule has 1 atom stereocenters. The number of hydrogen-bond donors (Lipinski definition) is 0. The Labute approximate surface area is 140 Å². The average molecular weight is 322 g/mol. The van der Waals surface area contributed by atoms with E-state index in [-0.39, 0.29) is 0 Å². The Morgan fingerprint density at radius 3 is 2.91 bits per heavy atom. The number of aryl methyl sites for hydroxylation is 1. The fraction of sp³-hybridized carbons (Fsp3) is 0.278. The molecule has 4 rings (SSSR count). The molecule has 0 radical (unpaired) electrons. The summed E-state index contributed by atoms with van der Waals surface area (Å²) < 4.78 is 2.07. The highest BCUT2D eigenvalue weighted by Crippen LogP contribution is 2.42. The van der Waals surface area contributed by atoms with E-state index < -0.39 is 0 Å². The van der Waals surface area contributed by atoms with E-state index in [0.29, 0.717) is 5.25 Å². The minimum Gasteiger partial charge on any atom is -0.305 e. The maximum absolute atomic E-state index is 4.41. The minimum atomic E-state index is 0.463. The molecule has 0 unspecified atom stereocenters. The standard InChI is InChI=1S/C18H18N4S/c1-22-17(14-8-5-11-19-12-14)20-21-18(22)23-16-10-4-7-13-6-2-3-9-15(13)16/h2-3,5-6,8-9,11-12,16H,4,7,10H2,1H3/t16-/m0/s1. The Hall–Kier alpha value is -2.14. The van der Waals surface area contributed by atoms with Gasteiger partial charge in [0.2, 0.25) is 0 Å². The predicted octanol–water partition coefficient (Wildman–Crippen LogP) is 4.05. The number of rotatable bonds is 3. The number of pyridine rings is 1. The summed E-state index contributed by atoms with van der Waals surface area (Å²) in [6, 6.07) is 12.7. The highest BCUT2D eigenvalue weighted by molar-refractivity contribution is 7.99. The number of aromatic nitrogens is 4. The molecule has 0 spiro atoms. The molecule has 23 heavy (non-hydrogen) atoms. The third-order valence-electron chi connectivity index (χ3n) is 4.32. The molecule has 0 aliphatic heterocycles. The molecule has 0 saturated carbocycles. The molecule has 3 aromatic rings. The van der Waals surface area contributed by atoms with Crippen molar-refractivity contribution in [2.24, 2.45) is 7.05 Å². The molecular weight excluding hydrogens is 304 g/mol. The first-order valence-corrected chi connectivity index (χ1v) is 8.75. The van der Waals surface area contributed by atoms with Gasteiger partial charge in [0.1, 0.15) is 0 Å². The van der Waals surface area contributed by atoms with Gasteiger partial charge in [-0.05, 0) is 42.5 Å². The van der Waals surface area contributed by atoms with Crippen molar-refractivity contribution in [1.29, 1.82) is 0 Å². The first-order chi connectivity index (χ1) is 11.3. The highest BCUT2D eigenvalue weighted by Gasteiger charge is 2.23. The van der Waals surface area contributed by atoms with Gasteiger partial charge < -0.3 is 4.57 Å². The van der Waals surface area contributed by atoms with E-state index in [2.05, 4.69) is 44.0 Å². The molecule has 0 amide bonds. The summed E-state index contributed by atoms with van der Waals surface area (Å²) >= 11 is 1.82. The SMILES string of the molecule is Cn1c(S[C@H]2CCCc3ccccc32)nnc1-c1cccnc1. The second kappa shape index (κ2) is 6.16. The van der Waals surface area contributed by atoms with Crippen LogP contribution in [0.4, 0.5) is 0 Å². The van der Waals surface area contributed by atoms with Gasteiger partial charge in [0.15, 0.2) is 11.0 Å². The van der Waals surface area contributed by atoms with Gasteiger partial charge in [-0.1, -0.05) is 36.0 Å². The fourth-order valence-corrected chi connectivity index (χ4v) is 4.35. The van der Waals surface area contributed by atoms with Crippen LogP contribution >= 0.6 is 11.8 Å². The van der Waals surface area contributed by atoms with Crippen molar-refractivity contribution in [2.45, 2.75) is 29.7 Å². The van der Waals surface area contributed by atoms with Gasteiger partial charge in [0, 0.05) is 30.3 Å². The molecule has 0 fully saturated rings. The molecule has 0 bridgehead atoms. The zero-order valence-electron chi connectivity index (χ0n) is 13.0. The quantitative estimate of drug-likeness (QED) is 0.730. The summed E-state index contributed by atoms with van der Waals surface area (Å²) in [4.78, 5) is 4.17. The number of nitrogens with zero attached hydrogens (tertiary/aromatic N) is 4. The van der Waals surface area contributed by atoms with Crippen LogP contribution in [0.3, 0.4) is 0 Å². The Bertz CT molecular complexity index is 813. The Kier molecular flexibility index (Phi) is 3.87. The maximum Gasteiger partial charge on any atom is 0.191 e. The summed E-state index contributed by atoms with van der Waals surface area (Å²) in [5.74, 6) is 0.865. The number of benzene rings is 1. The number of hydrogen-bond acceptors (Lipinski definition) is 4. The molecule has 1 aliphatic carbocycles. The van der Waals surface area contributed by atoms with Crippen molar-refractivity contribution < 1.29 is 0 Å². The van der Waals surface area contributed by atoms with E-state index in [1.807, 2.05) is 37.1 Å². The molecular formula is C18H18N4S. The molecule has 0 saturated heterocycles. The number of thioether (sulfide) groups is 1. The van der Waals surface area contributed by atoms with Gasteiger partial charge in [0.05, 0.1) is 0 Å². The van der Waals surface area contributed by atoms with Gasteiger partial charge >= 0.3 is 0 Å². The van der Waals surface area contributed by atoms with Crippen molar-refractivity contribution in [3.05, 3.63) is 59.9 Å². The van der Waals surface area contributed by atoms with Crippen LogP contribution in [-0.4, -0.2) is 19.7 Å². The van der Waals surface area contributed by atoms with E-state index in [1.54, 1.807) is 6.20 Å². The fourth-order valence-electron chi connectivity index (χ4n) is 3.12. The van der Waals surface area contributed by atoms with Gasteiger partial charge in [-0.2, -0.15) is 0 Å². The topological polar surface area (TPSA) is 43.6 Å². The zero-order valence-corrected chi connectivity index (χ0v) is 13.8. The minimum absolute atomic E-state index is 0.463. The van der Waals surface area contributed by atoms with Crippen molar-refractivity contribution in [3.63, 3.8) is 0 Å². The first-order valence-electron chi connectivity index (χ1n) is 7.87. The first kappa shape index (κ1) is 14.5. The third-order valence-corrected chi connectivity index (χ3v) is 5.66. The van der Waals surface area contributed by atoms with E-state index in [0.717, 1.165) is 16.5 Å². The summed E-state index contributed by atoms with van der Waals surface area (Å²) in [7, 11) is 2.03. The third kappa shape index (κ3) is 2.77. The lowest BCUT2D eigenvalue weighted by Crippen LogP contribution is -2.07. The van der Waals surface area contributed by atoms with Crippen molar-refractivity contribution >= 4 is 11.8 Å². The molecule has 2 heterocycles. The van der Waals surface area contributed by atoms with Crippen LogP contribution in [-0.2, 0) is 13.5 Å². The van der Waals surface area contributed by atoms with Gasteiger partial charge in [0.25, 0.3) is 0 Å². The second-order valence-corrected chi connectivity index (χ2v) is 6.97. The van der Waals surface area contributed by atoms with E-state index >= 15 is 0 Å². The summed E-state index contributed by atoms with van der Waals surface area (Å²) in [5, 5.41) is 10.2. The van der Waals surface area contributed by atoms with Gasteiger partial charge in [-0.25, -0.2) is 0 Å². The van der Waals surface area contributed by atoms with Crippen LogP contribution in [0.15, 0.2) is 53.9 Å². The van der Waals surface area contributed by atoms with Crippen molar-refractivity contribution in [2.75, 3.05) is 0 Å². The summed E-state index contributed by atoms with van der Waals surface area (Å²) in [6.07, 6.45) is 7.22. The monoisotopic (exact) mass is 322 g/mol. The van der Waals surface area contributed by atoms with E-state index in [1.165, 1.54) is 30.4 Å². The Morgan fingerprint density at radius 1 is 1.13 bits per heavy atom. The predicted molar refractivity (Wildman–Crippen MR) is 92.2 cm³/mol. The lowest BCUT2D eigenvalue weighted by atomic mass is 9.91. The van der Waals surface area contributed by atoms with Crippen LogP contribution in [0.1, 0.15) is 29.2 Å². The van der Waals surface area contributed by atoms with Gasteiger partial charge in [-0.3, -0.25) is 4.98 Å². The van der Waals surface area contributed by atoms with Crippen LogP contribution < -0.4 is 0 Å². The summed E-state index contributed by atoms with van der Waals surface area (Å²) in [6.45, 7) is 0. The molecule has 1 aromatic carbocycles. The average Bonchev–Trinajstić information content (AvgIpc) is 2.97. The lowest BCUT2D eigenvalue weighted by molar-refractivity contribution is 0.668. The highest BCUT2D eigenvalue weighted by atomic mass is 32.2. The Morgan fingerprint density at radius 2 is 2.04 bits per heavy atom. The van der Waals surface area contributed by atoms with Crippen molar-refractivity contribution in [3.8, 4) is 11.4 Å². The van der Waals surface area contributed by atoms with Crippen molar-refractivity contribution in [1.82, 2.24) is 19.7 Å².